The molecule has 0 amide bonds. The number of hydrogen-bond acceptors (Lipinski definition) is 0. The summed E-state index contributed by atoms with van der Waals surface area (Å²) in [4.78, 5) is 0. The third-order valence-corrected chi connectivity index (χ3v) is 5.51. The van der Waals surface area contributed by atoms with Gasteiger partial charge in [-0.2, -0.15) is 0 Å². The molecule has 2 aromatic rings. The normalized spacial score (nSPS) is 21.7. The zero-order valence-electron chi connectivity index (χ0n) is 14.5. The predicted molar refractivity (Wildman–Crippen MR) is 95.1 cm³/mol. The molecule has 0 saturated heterocycles. The molecule has 0 aromatic heterocycles. The van der Waals surface area contributed by atoms with Crippen LogP contribution >= 0.6 is 0 Å². The molecule has 0 bridgehead atoms. The molecule has 0 saturated carbocycles. The Labute approximate surface area is 151 Å². The summed E-state index contributed by atoms with van der Waals surface area (Å²) >= 11 is 0. The van der Waals surface area contributed by atoms with Gasteiger partial charge in [0.2, 0.25) is 0 Å². The summed E-state index contributed by atoms with van der Waals surface area (Å²) < 4.78 is 0. The van der Waals surface area contributed by atoms with Crippen LogP contribution < -0.4 is 18.9 Å². The van der Waals surface area contributed by atoms with Crippen LogP contribution in [0.2, 0.25) is 0 Å². The topological polar surface area (TPSA) is 0 Å². The van der Waals surface area contributed by atoms with Gasteiger partial charge in [-0.3, -0.25) is 0 Å². The average molecular weight is 293 g/mol. The molecular formula is C22H22Li+. The number of aryl methyl sites for hydroxylation is 2. The Kier molecular flexibility index (Phi) is 4.41. The van der Waals surface area contributed by atoms with Crippen molar-refractivity contribution in [3.63, 3.8) is 0 Å². The van der Waals surface area contributed by atoms with Crippen molar-refractivity contribution in [2.75, 3.05) is 0 Å². The molecule has 0 spiro atoms. The number of fused-ring (bicyclic) bond motifs is 2. The Balaban J connectivity index is 0.00000156. The van der Waals surface area contributed by atoms with E-state index in [4.69, 9.17) is 0 Å². The second-order valence-corrected chi connectivity index (χ2v) is 6.78. The summed E-state index contributed by atoms with van der Waals surface area (Å²) in [5.74, 6) is 1.63. The van der Waals surface area contributed by atoms with Crippen LogP contribution in [0, 0.1) is 19.8 Å². The van der Waals surface area contributed by atoms with Crippen LogP contribution in [0.1, 0.15) is 52.1 Å². The van der Waals surface area contributed by atoms with Crippen LogP contribution in [-0.2, 0) is 0 Å². The first-order chi connectivity index (χ1) is 10.7. The van der Waals surface area contributed by atoms with Gasteiger partial charge >= 0.3 is 18.9 Å². The molecule has 0 nitrogen and oxygen atoms in total. The maximum atomic E-state index is 2.41. The van der Waals surface area contributed by atoms with Gasteiger partial charge in [-0.05, 0) is 53.1 Å². The van der Waals surface area contributed by atoms with Gasteiger partial charge in [-0.15, -0.1) is 0 Å². The molecule has 2 aliphatic rings. The summed E-state index contributed by atoms with van der Waals surface area (Å²) in [7, 11) is 0. The SMILES string of the molecule is Cc1cccc2c1C=CC2C(C)C1C=Cc2c(C)cccc21.[Li+]. The smallest absolute Gasteiger partial charge is 0.0761 e. The van der Waals surface area contributed by atoms with E-state index >= 15 is 0 Å². The summed E-state index contributed by atoms with van der Waals surface area (Å²) in [6.07, 6.45) is 9.46. The van der Waals surface area contributed by atoms with Crippen molar-refractivity contribution in [3.8, 4) is 0 Å². The molecule has 2 aromatic carbocycles. The minimum absolute atomic E-state index is 0. The van der Waals surface area contributed by atoms with Crippen LogP contribution in [-0.4, -0.2) is 0 Å². The summed E-state index contributed by atoms with van der Waals surface area (Å²) in [6, 6.07) is 13.4. The third kappa shape index (κ3) is 2.55. The van der Waals surface area contributed by atoms with Gasteiger partial charge in [0.1, 0.15) is 0 Å². The summed E-state index contributed by atoms with van der Waals surface area (Å²) in [5.41, 5.74) is 8.66. The Morgan fingerprint density at radius 2 is 1.17 bits per heavy atom. The molecule has 0 heterocycles. The number of hydrogen-bond donors (Lipinski definition) is 0. The third-order valence-electron chi connectivity index (χ3n) is 5.51. The Morgan fingerprint density at radius 3 is 1.61 bits per heavy atom. The molecule has 1 heteroatoms. The first-order valence-corrected chi connectivity index (χ1v) is 8.22. The zero-order chi connectivity index (χ0) is 15.3. The fourth-order valence-electron chi connectivity index (χ4n) is 4.19. The van der Waals surface area contributed by atoms with Crippen LogP contribution in [0.25, 0.3) is 12.2 Å². The molecule has 0 radical (unpaired) electrons. The minimum Gasteiger partial charge on any atom is -0.0761 e. The first kappa shape index (κ1) is 16.4. The molecule has 2 unspecified atom stereocenters. The molecule has 0 fully saturated rings. The van der Waals surface area contributed by atoms with E-state index in [0.29, 0.717) is 17.8 Å². The van der Waals surface area contributed by atoms with E-state index in [9.17, 15) is 0 Å². The van der Waals surface area contributed by atoms with Crippen molar-refractivity contribution >= 4 is 12.2 Å². The monoisotopic (exact) mass is 293 g/mol. The molecular weight excluding hydrogens is 271 g/mol. The van der Waals surface area contributed by atoms with E-state index in [1.165, 1.54) is 33.4 Å². The van der Waals surface area contributed by atoms with Crippen molar-refractivity contribution in [2.24, 2.45) is 5.92 Å². The zero-order valence-corrected chi connectivity index (χ0v) is 14.5. The number of benzene rings is 2. The molecule has 2 aliphatic carbocycles. The van der Waals surface area contributed by atoms with Crippen molar-refractivity contribution in [1.82, 2.24) is 0 Å². The Morgan fingerprint density at radius 1 is 0.739 bits per heavy atom. The van der Waals surface area contributed by atoms with E-state index in [2.05, 4.69) is 81.5 Å². The van der Waals surface area contributed by atoms with Gasteiger partial charge in [0.25, 0.3) is 0 Å². The maximum Gasteiger partial charge on any atom is 1.00 e. The second kappa shape index (κ2) is 6.20. The number of rotatable bonds is 2. The van der Waals surface area contributed by atoms with Crippen LogP contribution in [0.5, 0.6) is 0 Å². The maximum absolute atomic E-state index is 2.41. The van der Waals surface area contributed by atoms with Crippen molar-refractivity contribution in [2.45, 2.75) is 32.6 Å². The van der Waals surface area contributed by atoms with Gasteiger partial charge in [-0.1, -0.05) is 67.6 Å². The fourth-order valence-corrected chi connectivity index (χ4v) is 4.19. The van der Waals surface area contributed by atoms with E-state index in [1.54, 1.807) is 0 Å². The van der Waals surface area contributed by atoms with Gasteiger partial charge in [0, 0.05) is 11.8 Å². The summed E-state index contributed by atoms with van der Waals surface area (Å²) in [5, 5.41) is 0. The molecule has 2 atom stereocenters. The van der Waals surface area contributed by atoms with Crippen molar-refractivity contribution in [3.05, 3.63) is 81.9 Å². The van der Waals surface area contributed by atoms with Crippen LogP contribution in [0.3, 0.4) is 0 Å². The first-order valence-electron chi connectivity index (χ1n) is 8.22. The molecule has 0 aliphatic heterocycles. The fraction of sp³-hybridized carbons (Fsp3) is 0.273. The predicted octanol–water partition coefficient (Wildman–Crippen LogP) is 2.86. The Bertz CT molecular complexity index is 730. The quantitative estimate of drug-likeness (QED) is 0.747. The molecule has 23 heavy (non-hydrogen) atoms. The Hall–Kier alpha value is -1.48. The van der Waals surface area contributed by atoms with Gasteiger partial charge in [0.05, 0.1) is 0 Å². The van der Waals surface area contributed by atoms with Crippen LogP contribution in [0.4, 0.5) is 0 Å². The average Bonchev–Trinajstić information content (AvgIpc) is 3.12. The van der Waals surface area contributed by atoms with Crippen molar-refractivity contribution < 1.29 is 18.9 Å². The van der Waals surface area contributed by atoms with E-state index in [0.717, 1.165) is 0 Å². The van der Waals surface area contributed by atoms with Crippen molar-refractivity contribution in [1.29, 1.82) is 0 Å². The second-order valence-electron chi connectivity index (χ2n) is 6.78. The van der Waals surface area contributed by atoms with Crippen LogP contribution in [0.15, 0.2) is 48.6 Å². The van der Waals surface area contributed by atoms with E-state index in [-0.39, 0.29) is 18.9 Å². The van der Waals surface area contributed by atoms with Gasteiger partial charge < -0.3 is 0 Å². The number of allylic oxidation sites excluding steroid dienone is 2. The molecule has 0 N–H and O–H groups in total. The summed E-state index contributed by atoms with van der Waals surface area (Å²) in [6.45, 7) is 6.83. The molecule has 4 rings (SSSR count). The minimum atomic E-state index is 0. The van der Waals surface area contributed by atoms with E-state index in [1.807, 2.05) is 0 Å². The molecule has 110 valence electrons. The van der Waals surface area contributed by atoms with E-state index < -0.39 is 0 Å². The van der Waals surface area contributed by atoms with Gasteiger partial charge in [0.15, 0.2) is 0 Å². The standard InChI is InChI=1S/C22H22.Li/c1-14-6-4-8-21-17(14)10-12-19(21)16(3)20-13-11-18-15(2)7-5-9-22(18)20;/h4-13,16,19-20H,1-3H3;/q;+1. The van der Waals surface area contributed by atoms with Gasteiger partial charge in [-0.25, -0.2) is 0 Å². The largest absolute Gasteiger partial charge is 1.00 e.